The van der Waals surface area contributed by atoms with Crippen LogP contribution in [0.5, 0.6) is 5.75 Å². The van der Waals surface area contributed by atoms with Crippen molar-refractivity contribution in [3.63, 3.8) is 0 Å². The monoisotopic (exact) mass is 472 g/mol. The number of likely N-dealkylation sites (N-methyl/N-ethyl adjacent to an activating group) is 1. The highest BCUT2D eigenvalue weighted by Crippen LogP contribution is 2.39. The van der Waals surface area contributed by atoms with E-state index in [0.717, 1.165) is 10.6 Å². The molecule has 7 nitrogen and oxygen atoms in total. The summed E-state index contributed by atoms with van der Waals surface area (Å²) in [5.41, 5.74) is 0.0863. The minimum Gasteiger partial charge on any atom is -0.543 e. The summed E-state index contributed by atoms with van der Waals surface area (Å²) in [6.45, 7) is 16.0. The van der Waals surface area contributed by atoms with Gasteiger partial charge in [0, 0.05) is 13.5 Å². The predicted molar refractivity (Wildman–Crippen MR) is 126 cm³/mol. The number of hydrogen-bond donors (Lipinski definition) is 1. The normalized spacial score (nSPS) is 13.4. The van der Waals surface area contributed by atoms with Gasteiger partial charge in [0.05, 0.1) is 12.1 Å². The van der Waals surface area contributed by atoms with E-state index < -0.39 is 32.0 Å². The quantitative estimate of drug-likeness (QED) is 0.437. The van der Waals surface area contributed by atoms with E-state index in [1.807, 2.05) is 12.1 Å². The highest BCUT2D eigenvalue weighted by molar-refractivity contribution is 6.74. The number of rotatable bonds is 7. The molecule has 1 aromatic carbocycles. The maximum Gasteiger partial charge on any atom is 0.408 e. The molecule has 0 aliphatic heterocycles. The third-order valence-electron chi connectivity index (χ3n) is 5.18. The van der Waals surface area contributed by atoms with Gasteiger partial charge in [-0.2, -0.15) is 0 Å². The molecule has 0 aromatic heterocycles. The molecule has 1 aromatic rings. The molecule has 0 radical (unpaired) electrons. The molecular weight excluding hydrogens is 436 g/mol. The number of nitrogens with one attached hydrogen (secondary N) is 1. The predicted octanol–water partition coefficient (Wildman–Crippen LogP) is 5.18. The van der Waals surface area contributed by atoms with Crippen molar-refractivity contribution < 1.29 is 23.6 Å². The molecule has 0 fully saturated rings. The summed E-state index contributed by atoms with van der Waals surface area (Å²) in [6, 6.07) is 4.53. The Labute approximate surface area is 192 Å². The van der Waals surface area contributed by atoms with Crippen LogP contribution < -0.4 is 9.74 Å². The molecule has 2 amide bonds. The van der Waals surface area contributed by atoms with Crippen molar-refractivity contribution in [2.45, 2.75) is 77.7 Å². The van der Waals surface area contributed by atoms with E-state index in [1.165, 1.54) is 14.2 Å². The van der Waals surface area contributed by atoms with E-state index in [-0.39, 0.29) is 11.5 Å². The van der Waals surface area contributed by atoms with Gasteiger partial charge >= 0.3 is 6.09 Å². The average molecular weight is 473 g/mol. The lowest BCUT2D eigenvalue weighted by Gasteiger charge is -2.36. The number of carbonyl (C=O) groups excluding carboxylic acids is 2. The highest BCUT2D eigenvalue weighted by Gasteiger charge is 2.39. The Kier molecular flexibility index (Phi) is 9.00. The van der Waals surface area contributed by atoms with E-state index in [4.69, 9.17) is 25.6 Å². The number of ether oxygens (including phenoxy) is 1. The summed E-state index contributed by atoms with van der Waals surface area (Å²) >= 11 is 6.50. The molecule has 0 aliphatic carbocycles. The lowest BCUT2D eigenvalue weighted by atomic mass is 10.1. The molecule has 0 saturated heterocycles. The fraction of sp³-hybridized carbons (Fsp3) is 0.636. The zero-order chi connectivity index (χ0) is 24.2. The fourth-order valence-corrected chi connectivity index (χ4v) is 3.72. The van der Waals surface area contributed by atoms with Crippen molar-refractivity contribution in [2.75, 3.05) is 14.2 Å². The van der Waals surface area contributed by atoms with Gasteiger partial charge in [-0.15, -0.1) is 0 Å². The second-order valence-corrected chi connectivity index (χ2v) is 15.2. The van der Waals surface area contributed by atoms with Crippen molar-refractivity contribution in [1.29, 1.82) is 0 Å². The van der Waals surface area contributed by atoms with Gasteiger partial charge in [-0.1, -0.05) is 38.4 Å². The Morgan fingerprint density at radius 3 is 2.19 bits per heavy atom. The van der Waals surface area contributed by atoms with Gasteiger partial charge in [-0.25, -0.2) is 9.86 Å². The zero-order valence-electron chi connectivity index (χ0n) is 20.4. The number of nitrogens with zero attached hydrogens (tertiary/aromatic N) is 1. The minimum absolute atomic E-state index is 0.0363. The second kappa shape index (κ2) is 10.2. The summed E-state index contributed by atoms with van der Waals surface area (Å²) in [7, 11) is 0.818. The van der Waals surface area contributed by atoms with Crippen LogP contribution in [-0.2, 0) is 20.8 Å². The Morgan fingerprint density at radius 2 is 1.74 bits per heavy atom. The first kappa shape index (κ1) is 27.3. The van der Waals surface area contributed by atoms with Gasteiger partial charge in [-0.3, -0.25) is 9.63 Å². The first-order valence-electron chi connectivity index (χ1n) is 10.3. The fourth-order valence-electron chi connectivity index (χ4n) is 2.38. The number of benzene rings is 1. The molecule has 1 atom stereocenters. The molecular formula is C22H37ClN2O5Si. The molecule has 0 aliphatic rings. The third kappa shape index (κ3) is 8.35. The van der Waals surface area contributed by atoms with E-state index >= 15 is 0 Å². The molecule has 1 N–H and O–H groups in total. The van der Waals surface area contributed by atoms with Crippen LogP contribution in [0, 0.1) is 0 Å². The van der Waals surface area contributed by atoms with E-state index in [9.17, 15) is 9.59 Å². The summed E-state index contributed by atoms with van der Waals surface area (Å²) in [5.74, 6) is 0.208. The van der Waals surface area contributed by atoms with Gasteiger partial charge < -0.3 is 14.5 Å². The van der Waals surface area contributed by atoms with Gasteiger partial charge in [-0.05, 0) is 56.6 Å². The van der Waals surface area contributed by atoms with E-state index in [1.54, 1.807) is 26.8 Å². The van der Waals surface area contributed by atoms with Gasteiger partial charge in [0.15, 0.2) is 0 Å². The van der Waals surface area contributed by atoms with Crippen LogP contribution in [-0.4, -0.2) is 51.2 Å². The molecule has 0 unspecified atom stereocenters. The van der Waals surface area contributed by atoms with Crippen LogP contribution in [0.1, 0.15) is 47.1 Å². The topological polar surface area (TPSA) is 77.1 Å². The van der Waals surface area contributed by atoms with Crippen LogP contribution in [0.3, 0.4) is 0 Å². The van der Waals surface area contributed by atoms with Crippen LogP contribution in [0.25, 0.3) is 0 Å². The number of amides is 2. The first-order chi connectivity index (χ1) is 14.0. The van der Waals surface area contributed by atoms with E-state index in [0.29, 0.717) is 10.8 Å². The number of hydroxylamine groups is 2. The van der Waals surface area contributed by atoms with Crippen LogP contribution in [0.2, 0.25) is 23.2 Å². The van der Waals surface area contributed by atoms with Crippen LogP contribution >= 0.6 is 11.6 Å². The number of halogens is 1. The largest absolute Gasteiger partial charge is 0.543 e. The molecule has 1 rings (SSSR count). The van der Waals surface area contributed by atoms with Crippen LogP contribution in [0.4, 0.5) is 4.79 Å². The molecule has 0 heterocycles. The van der Waals surface area contributed by atoms with Gasteiger partial charge in [0.2, 0.25) is 0 Å². The summed E-state index contributed by atoms with van der Waals surface area (Å²) in [5, 5.41) is 4.20. The SMILES string of the molecule is CON(C)C(=O)[C@H](Cc1ccc(O[Si](C)(C)C(C)(C)C)c(Cl)c1)NC(=O)OC(C)(C)C. The molecule has 0 saturated carbocycles. The van der Waals surface area contributed by atoms with E-state index in [2.05, 4.69) is 39.2 Å². The second-order valence-electron chi connectivity index (χ2n) is 10.0. The number of hydrogen-bond acceptors (Lipinski definition) is 5. The Bertz CT molecular complexity index is 787. The maximum atomic E-state index is 12.7. The zero-order valence-corrected chi connectivity index (χ0v) is 22.1. The number of alkyl carbamates (subject to hydrolysis) is 1. The minimum atomic E-state index is -2.04. The van der Waals surface area contributed by atoms with Crippen molar-refractivity contribution >= 4 is 31.9 Å². The van der Waals surface area contributed by atoms with Gasteiger partial charge in [0.1, 0.15) is 17.4 Å². The first-order valence-corrected chi connectivity index (χ1v) is 13.5. The molecule has 176 valence electrons. The third-order valence-corrected chi connectivity index (χ3v) is 9.82. The van der Waals surface area contributed by atoms with Crippen molar-refractivity contribution in [1.82, 2.24) is 10.4 Å². The highest BCUT2D eigenvalue weighted by atomic mass is 35.5. The molecule has 9 heteroatoms. The van der Waals surface area contributed by atoms with Crippen LogP contribution in [0.15, 0.2) is 18.2 Å². The summed E-state index contributed by atoms with van der Waals surface area (Å²) < 4.78 is 11.6. The molecule has 0 spiro atoms. The number of carbonyl (C=O) groups is 2. The smallest absolute Gasteiger partial charge is 0.408 e. The molecule has 0 bridgehead atoms. The van der Waals surface area contributed by atoms with Crippen molar-refractivity contribution in [3.8, 4) is 5.75 Å². The lowest BCUT2D eigenvalue weighted by Crippen LogP contribution is -2.49. The van der Waals surface area contributed by atoms with Gasteiger partial charge in [0.25, 0.3) is 14.2 Å². The Morgan fingerprint density at radius 1 is 1.16 bits per heavy atom. The maximum absolute atomic E-state index is 12.7. The average Bonchev–Trinajstić information content (AvgIpc) is 2.59. The summed E-state index contributed by atoms with van der Waals surface area (Å²) in [6.07, 6.45) is -0.467. The molecule has 31 heavy (non-hydrogen) atoms. The lowest BCUT2D eigenvalue weighted by molar-refractivity contribution is -0.171. The Hall–Kier alpha value is -1.77. The Balaban J connectivity index is 3.07. The van der Waals surface area contributed by atoms with Crippen molar-refractivity contribution in [3.05, 3.63) is 28.8 Å². The summed E-state index contributed by atoms with van der Waals surface area (Å²) in [4.78, 5) is 30.0. The van der Waals surface area contributed by atoms with Crippen molar-refractivity contribution in [2.24, 2.45) is 0 Å². The standard InChI is InChI=1S/C22H37ClN2O5Si/c1-21(2,3)29-20(27)24-17(19(26)25(7)28-8)14-15-11-12-18(16(23)13-15)30-31(9,10)22(4,5)6/h11-13,17H,14H2,1-10H3,(H,24,27)/t17-/m0/s1.